The molecule has 1 aromatic heterocycles. The maximum absolute atomic E-state index is 3.85. The molecule has 3 rings (SSSR count). The average molecular weight is 347 g/mol. The molecule has 2 aromatic carbocycles. The van der Waals surface area contributed by atoms with Crippen LogP contribution in [-0.4, -0.2) is 11.5 Å². The van der Waals surface area contributed by atoms with Gasteiger partial charge in [-0.25, -0.2) is 0 Å². The van der Waals surface area contributed by atoms with Crippen LogP contribution in [0.2, 0.25) is 0 Å². The predicted molar refractivity (Wildman–Crippen MR) is 115 cm³/mol. The fourth-order valence-corrected chi connectivity index (χ4v) is 3.48. The summed E-state index contributed by atoms with van der Waals surface area (Å²) in [5, 5.41) is 5.00. The van der Waals surface area contributed by atoms with Gasteiger partial charge in [0.2, 0.25) is 0 Å². The summed E-state index contributed by atoms with van der Waals surface area (Å²) in [6.07, 6.45) is 6.55. The largest absolute Gasteiger partial charge is 0.383 e. The molecule has 0 radical (unpaired) electrons. The van der Waals surface area contributed by atoms with Crippen LogP contribution in [0.15, 0.2) is 61.2 Å². The number of aromatic amines is 1. The van der Waals surface area contributed by atoms with Gasteiger partial charge < -0.3 is 10.3 Å². The Kier molecular flexibility index (Phi) is 6.17. The van der Waals surface area contributed by atoms with Gasteiger partial charge in [0.05, 0.1) is 11.2 Å². The van der Waals surface area contributed by atoms with Crippen LogP contribution in [0, 0.1) is 5.92 Å². The van der Waals surface area contributed by atoms with E-state index in [1.807, 2.05) is 6.08 Å². The first-order chi connectivity index (χ1) is 12.7. The zero-order chi connectivity index (χ0) is 18.4. The van der Waals surface area contributed by atoms with Crippen molar-refractivity contribution in [3.8, 4) is 11.3 Å². The van der Waals surface area contributed by atoms with Gasteiger partial charge in [0.15, 0.2) is 0 Å². The van der Waals surface area contributed by atoms with Crippen LogP contribution >= 0.6 is 0 Å². The minimum atomic E-state index is 0.678. The van der Waals surface area contributed by atoms with Crippen LogP contribution in [0.25, 0.3) is 22.2 Å². The lowest BCUT2D eigenvalue weighted by atomic mass is 10.00. The number of rotatable bonds is 9. The topological polar surface area (TPSA) is 27.8 Å². The highest BCUT2D eigenvalue weighted by atomic mass is 14.9. The van der Waals surface area contributed by atoms with Crippen molar-refractivity contribution in [2.45, 2.75) is 39.5 Å². The molecule has 0 aliphatic heterocycles. The van der Waals surface area contributed by atoms with E-state index in [4.69, 9.17) is 0 Å². The summed E-state index contributed by atoms with van der Waals surface area (Å²) in [5.41, 5.74) is 6.21. The van der Waals surface area contributed by atoms with Gasteiger partial charge in [-0.3, -0.25) is 0 Å². The minimum absolute atomic E-state index is 0.678. The summed E-state index contributed by atoms with van der Waals surface area (Å²) in [5.74, 6) is 0.678. The number of anilines is 1. The van der Waals surface area contributed by atoms with Gasteiger partial charge in [-0.05, 0) is 54.5 Å². The fraction of sp³-hybridized carbons (Fsp3) is 0.333. The number of allylic oxidation sites excluding steroid dienone is 1. The Hall–Kier alpha value is -2.48. The monoisotopic (exact) mass is 346 g/mol. The second-order valence-corrected chi connectivity index (χ2v) is 7.03. The first-order valence-electron chi connectivity index (χ1n) is 9.81. The van der Waals surface area contributed by atoms with E-state index in [0.717, 1.165) is 19.4 Å². The van der Waals surface area contributed by atoms with Crippen LogP contribution < -0.4 is 5.32 Å². The third-order valence-electron chi connectivity index (χ3n) is 5.22. The van der Waals surface area contributed by atoms with E-state index in [1.54, 1.807) is 0 Å². The molecule has 0 aliphatic carbocycles. The molecule has 136 valence electrons. The molecule has 1 unspecified atom stereocenters. The van der Waals surface area contributed by atoms with Gasteiger partial charge in [-0.1, -0.05) is 56.7 Å². The molecule has 26 heavy (non-hydrogen) atoms. The Labute approximate surface area is 157 Å². The van der Waals surface area contributed by atoms with Gasteiger partial charge in [0, 0.05) is 17.6 Å². The molecule has 2 nitrogen and oxygen atoms in total. The van der Waals surface area contributed by atoms with Crippen molar-refractivity contribution >= 4 is 16.6 Å². The van der Waals surface area contributed by atoms with Crippen LogP contribution in [-0.2, 0) is 6.42 Å². The standard InChI is InChI=1S/C24H30N2/c1-4-7-11-18(5-2)17-25-23-15-19(6-3)14-21-16-22(26-24(21)23)20-12-9-8-10-13-20/h4,8-10,12-16,18,25-26H,1,5-7,11,17H2,2-3H3. The number of nitrogens with one attached hydrogen (secondary N) is 2. The number of aromatic nitrogens is 1. The molecule has 0 amide bonds. The number of aryl methyl sites for hydroxylation is 1. The lowest BCUT2D eigenvalue weighted by Crippen LogP contribution is -2.14. The summed E-state index contributed by atoms with van der Waals surface area (Å²) in [6, 6.07) is 17.4. The fourth-order valence-electron chi connectivity index (χ4n) is 3.48. The molecule has 0 fully saturated rings. The van der Waals surface area contributed by atoms with Gasteiger partial charge in [0.1, 0.15) is 0 Å². The molecule has 0 bridgehead atoms. The van der Waals surface area contributed by atoms with Crippen molar-refractivity contribution in [2.75, 3.05) is 11.9 Å². The summed E-state index contributed by atoms with van der Waals surface area (Å²) < 4.78 is 0. The van der Waals surface area contributed by atoms with E-state index in [9.17, 15) is 0 Å². The third kappa shape index (κ3) is 4.19. The zero-order valence-corrected chi connectivity index (χ0v) is 16.0. The van der Waals surface area contributed by atoms with E-state index in [2.05, 4.69) is 79.3 Å². The number of hydrogen-bond acceptors (Lipinski definition) is 1. The lowest BCUT2D eigenvalue weighted by molar-refractivity contribution is 0.499. The van der Waals surface area contributed by atoms with Gasteiger partial charge >= 0.3 is 0 Å². The number of benzene rings is 2. The number of H-pyrrole nitrogens is 1. The molecule has 1 heterocycles. The summed E-state index contributed by atoms with van der Waals surface area (Å²) in [7, 11) is 0. The molecule has 0 spiro atoms. The quantitative estimate of drug-likeness (QED) is 0.410. The first kappa shape index (κ1) is 18.3. The SMILES string of the molecule is C=CCCC(CC)CNc1cc(CC)cc2cc(-c3ccccc3)[nH]c12. The molecule has 3 aromatic rings. The normalized spacial score (nSPS) is 12.2. The van der Waals surface area contributed by atoms with E-state index >= 15 is 0 Å². The highest BCUT2D eigenvalue weighted by Gasteiger charge is 2.11. The Morgan fingerprint density at radius 1 is 1.12 bits per heavy atom. The summed E-state index contributed by atoms with van der Waals surface area (Å²) >= 11 is 0. The highest BCUT2D eigenvalue weighted by molar-refractivity contribution is 5.95. The molecule has 0 saturated heterocycles. The van der Waals surface area contributed by atoms with Crippen molar-refractivity contribution in [1.29, 1.82) is 0 Å². The number of hydrogen-bond donors (Lipinski definition) is 2. The van der Waals surface area contributed by atoms with E-state index < -0.39 is 0 Å². The summed E-state index contributed by atoms with van der Waals surface area (Å²) in [4.78, 5) is 3.64. The maximum Gasteiger partial charge on any atom is 0.0694 e. The lowest BCUT2D eigenvalue weighted by Gasteiger charge is -2.17. The van der Waals surface area contributed by atoms with E-state index in [0.29, 0.717) is 5.92 Å². The smallest absolute Gasteiger partial charge is 0.0694 e. The second-order valence-electron chi connectivity index (χ2n) is 7.03. The molecule has 2 heteroatoms. The van der Waals surface area contributed by atoms with Crippen LogP contribution in [0.5, 0.6) is 0 Å². The second kappa shape index (κ2) is 8.75. The molecular formula is C24H30N2. The first-order valence-corrected chi connectivity index (χ1v) is 9.81. The van der Waals surface area contributed by atoms with Crippen molar-refractivity contribution in [3.05, 3.63) is 66.7 Å². The molecular weight excluding hydrogens is 316 g/mol. The van der Waals surface area contributed by atoms with Gasteiger partial charge in [0.25, 0.3) is 0 Å². The van der Waals surface area contributed by atoms with Crippen LogP contribution in [0.3, 0.4) is 0 Å². The molecule has 0 saturated carbocycles. The van der Waals surface area contributed by atoms with Crippen molar-refractivity contribution in [2.24, 2.45) is 5.92 Å². The third-order valence-corrected chi connectivity index (χ3v) is 5.22. The predicted octanol–water partition coefficient (Wildman–Crippen LogP) is 6.80. The van der Waals surface area contributed by atoms with Crippen molar-refractivity contribution in [1.82, 2.24) is 4.98 Å². The average Bonchev–Trinajstić information content (AvgIpc) is 3.13. The molecule has 2 N–H and O–H groups in total. The summed E-state index contributed by atoms with van der Waals surface area (Å²) in [6.45, 7) is 9.35. The van der Waals surface area contributed by atoms with Gasteiger partial charge in [-0.15, -0.1) is 6.58 Å². The van der Waals surface area contributed by atoms with Gasteiger partial charge in [-0.2, -0.15) is 0 Å². The Morgan fingerprint density at radius 2 is 1.92 bits per heavy atom. The maximum atomic E-state index is 3.85. The van der Waals surface area contributed by atoms with Crippen LogP contribution in [0.4, 0.5) is 5.69 Å². The van der Waals surface area contributed by atoms with Crippen LogP contribution in [0.1, 0.15) is 38.7 Å². The van der Waals surface area contributed by atoms with Crippen molar-refractivity contribution in [3.63, 3.8) is 0 Å². The Morgan fingerprint density at radius 3 is 2.62 bits per heavy atom. The molecule has 0 aliphatic rings. The Balaban J connectivity index is 1.90. The van der Waals surface area contributed by atoms with E-state index in [-0.39, 0.29) is 0 Å². The Bertz CT molecular complexity index is 845. The molecule has 1 atom stereocenters. The van der Waals surface area contributed by atoms with Crippen molar-refractivity contribution < 1.29 is 0 Å². The number of fused-ring (bicyclic) bond motifs is 1. The zero-order valence-electron chi connectivity index (χ0n) is 16.0. The van der Waals surface area contributed by atoms with E-state index in [1.165, 1.54) is 46.3 Å². The minimum Gasteiger partial charge on any atom is -0.383 e. The highest BCUT2D eigenvalue weighted by Crippen LogP contribution is 2.31.